The summed E-state index contributed by atoms with van der Waals surface area (Å²) in [6, 6.07) is 0. The highest BCUT2D eigenvalue weighted by Crippen LogP contribution is 2.16. The summed E-state index contributed by atoms with van der Waals surface area (Å²) in [5.41, 5.74) is 0. The lowest BCUT2D eigenvalue weighted by molar-refractivity contribution is -0.151. The fourth-order valence-electron chi connectivity index (χ4n) is 5.68. The standard InChI is InChI=1S/C36H72O3/c1-3-5-7-9-11-13-15-17-19-20-22-24-26-28-30-32-34-39-35(36(37)38)33-31-29-27-25-23-21-18-16-14-12-10-8-6-4-2/h35H,3-34H2,1-2H3,(H,37,38). The molecule has 0 amide bonds. The number of aliphatic carboxylic acids is 1. The quantitative estimate of drug-likeness (QED) is 0.0807. The van der Waals surface area contributed by atoms with E-state index in [4.69, 9.17) is 4.74 Å². The number of carbonyl (C=O) groups is 1. The minimum atomic E-state index is -0.777. The van der Waals surface area contributed by atoms with Gasteiger partial charge in [0.15, 0.2) is 6.10 Å². The predicted octanol–water partition coefficient (Wildman–Crippen LogP) is 12.6. The lowest BCUT2D eigenvalue weighted by atomic mass is 10.0. The molecule has 3 nitrogen and oxygen atoms in total. The fourth-order valence-corrected chi connectivity index (χ4v) is 5.68. The van der Waals surface area contributed by atoms with Crippen molar-refractivity contribution in [2.75, 3.05) is 6.61 Å². The van der Waals surface area contributed by atoms with Crippen LogP contribution in [0.1, 0.15) is 213 Å². The molecule has 0 aliphatic rings. The van der Waals surface area contributed by atoms with Crippen molar-refractivity contribution in [2.45, 2.75) is 219 Å². The second-order valence-electron chi connectivity index (χ2n) is 12.4. The zero-order chi connectivity index (χ0) is 28.5. The molecule has 39 heavy (non-hydrogen) atoms. The molecule has 0 rings (SSSR count). The number of carboxylic acids is 1. The summed E-state index contributed by atoms with van der Waals surface area (Å²) < 4.78 is 5.74. The predicted molar refractivity (Wildman–Crippen MR) is 172 cm³/mol. The Balaban J connectivity index is 3.37. The summed E-state index contributed by atoms with van der Waals surface area (Å²) in [6.45, 7) is 5.17. The summed E-state index contributed by atoms with van der Waals surface area (Å²) in [5, 5.41) is 9.49. The van der Waals surface area contributed by atoms with Crippen LogP contribution in [0.4, 0.5) is 0 Å². The average molecular weight is 553 g/mol. The molecule has 0 aromatic carbocycles. The summed E-state index contributed by atoms with van der Waals surface area (Å²) in [6.07, 6.45) is 40.3. The van der Waals surface area contributed by atoms with Gasteiger partial charge in [0.2, 0.25) is 0 Å². The SMILES string of the molecule is CCCCCCCCCCCCCCCCCCOC(CCCCCCCCCCCCCCCC)C(=O)O. The van der Waals surface area contributed by atoms with Crippen LogP contribution in [0.15, 0.2) is 0 Å². The van der Waals surface area contributed by atoms with Gasteiger partial charge in [0.05, 0.1) is 0 Å². The Kier molecular flexibility index (Phi) is 33.1. The van der Waals surface area contributed by atoms with Crippen molar-refractivity contribution >= 4 is 5.97 Å². The molecule has 0 bridgehead atoms. The van der Waals surface area contributed by atoms with E-state index in [9.17, 15) is 9.90 Å². The van der Waals surface area contributed by atoms with Crippen LogP contribution in [-0.4, -0.2) is 23.8 Å². The highest BCUT2D eigenvalue weighted by Gasteiger charge is 2.17. The number of rotatable bonds is 34. The molecule has 1 N–H and O–H groups in total. The van der Waals surface area contributed by atoms with Gasteiger partial charge in [-0.05, 0) is 12.8 Å². The summed E-state index contributed by atoms with van der Waals surface area (Å²) >= 11 is 0. The van der Waals surface area contributed by atoms with E-state index < -0.39 is 12.1 Å². The van der Waals surface area contributed by atoms with Crippen LogP contribution in [0.5, 0.6) is 0 Å². The molecule has 0 aliphatic carbocycles. The molecule has 0 radical (unpaired) electrons. The van der Waals surface area contributed by atoms with E-state index >= 15 is 0 Å². The molecular weight excluding hydrogens is 480 g/mol. The van der Waals surface area contributed by atoms with Gasteiger partial charge in [-0.2, -0.15) is 0 Å². The Hall–Kier alpha value is -0.570. The van der Waals surface area contributed by atoms with Crippen LogP contribution in [-0.2, 0) is 9.53 Å². The normalized spacial score (nSPS) is 12.3. The summed E-state index contributed by atoms with van der Waals surface area (Å²) in [4.78, 5) is 11.5. The first-order valence-electron chi connectivity index (χ1n) is 18.1. The molecule has 234 valence electrons. The van der Waals surface area contributed by atoms with Gasteiger partial charge in [-0.3, -0.25) is 0 Å². The van der Waals surface area contributed by atoms with E-state index in [-0.39, 0.29) is 0 Å². The highest BCUT2D eigenvalue weighted by atomic mass is 16.5. The van der Waals surface area contributed by atoms with Gasteiger partial charge in [0, 0.05) is 6.61 Å². The van der Waals surface area contributed by atoms with Crippen molar-refractivity contribution in [3.63, 3.8) is 0 Å². The zero-order valence-electron chi connectivity index (χ0n) is 27.0. The number of hydrogen-bond donors (Lipinski definition) is 1. The molecule has 0 aliphatic heterocycles. The van der Waals surface area contributed by atoms with Gasteiger partial charge in [-0.1, -0.05) is 200 Å². The van der Waals surface area contributed by atoms with Crippen LogP contribution in [0.25, 0.3) is 0 Å². The number of hydrogen-bond acceptors (Lipinski definition) is 2. The lowest BCUT2D eigenvalue weighted by Gasteiger charge is -2.13. The topological polar surface area (TPSA) is 46.5 Å². The Morgan fingerprint density at radius 1 is 0.436 bits per heavy atom. The molecule has 0 fully saturated rings. The van der Waals surface area contributed by atoms with Gasteiger partial charge in [-0.25, -0.2) is 4.79 Å². The van der Waals surface area contributed by atoms with Crippen molar-refractivity contribution < 1.29 is 14.6 Å². The highest BCUT2D eigenvalue weighted by molar-refractivity contribution is 5.72. The fraction of sp³-hybridized carbons (Fsp3) is 0.972. The molecule has 1 atom stereocenters. The minimum Gasteiger partial charge on any atom is -0.479 e. The van der Waals surface area contributed by atoms with Crippen LogP contribution in [0.2, 0.25) is 0 Å². The molecule has 0 aromatic rings. The summed E-state index contributed by atoms with van der Waals surface area (Å²) in [7, 11) is 0. The second kappa shape index (κ2) is 33.6. The van der Waals surface area contributed by atoms with Crippen LogP contribution >= 0.6 is 0 Å². The van der Waals surface area contributed by atoms with Gasteiger partial charge < -0.3 is 9.84 Å². The Morgan fingerprint density at radius 2 is 0.692 bits per heavy atom. The van der Waals surface area contributed by atoms with Gasteiger partial charge in [0.1, 0.15) is 0 Å². The first kappa shape index (κ1) is 38.4. The first-order chi connectivity index (χ1) is 19.2. The molecule has 3 heteroatoms. The third-order valence-electron chi connectivity index (χ3n) is 8.41. The maximum atomic E-state index is 11.5. The van der Waals surface area contributed by atoms with E-state index in [1.165, 1.54) is 173 Å². The van der Waals surface area contributed by atoms with Crippen molar-refractivity contribution in [3.8, 4) is 0 Å². The first-order valence-corrected chi connectivity index (χ1v) is 18.1. The third-order valence-corrected chi connectivity index (χ3v) is 8.41. The Bertz CT molecular complexity index is 464. The zero-order valence-corrected chi connectivity index (χ0v) is 27.0. The van der Waals surface area contributed by atoms with Crippen molar-refractivity contribution in [1.82, 2.24) is 0 Å². The molecular formula is C36H72O3. The van der Waals surface area contributed by atoms with Gasteiger partial charge in [-0.15, -0.1) is 0 Å². The minimum absolute atomic E-state index is 0.598. The van der Waals surface area contributed by atoms with E-state index in [1.54, 1.807) is 0 Å². The second-order valence-corrected chi connectivity index (χ2v) is 12.4. The Labute approximate surface area is 246 Å². The van der Waals surface area contributed by atoms with E-state index in [2.05, 4.69) is 13.8 Å². The number of unbranched alkanes of at least 4 members (excludes halogenated alkanes) is 28. The Morgan fingerprint density at radius 3 is 0.974 bits per heavy atom. The van der Waals surface area contributed by atoms with Crippen molar-refractivity contribution in [3.05, 3.63) is 0 Å². The summed E-state index contributed by atoms with van der Waals surface area (Å²) in [5.74, 6) is -0.777. The maximum absolute atomic E-state index is 11.5. The largest absolute Gasteiger partial charge is 0.479 e. The number of ether oxygens (including phenoxy) is 1. The lowest BCUT2D eigenvalue weighted by Crippen LogP contribution is -2.24. The van der Waals surface area contributed by atoms with Crippen molar-refractivity contribution in [2.24, 2.45) is 0 Å². The molecule has 0 saturated carbocycles. The molecule has 1 unspecified atom stereocenters. The molecule has 0 spiro atoms. The van der Waals surface area contributed by atoms with Crippen LogP contribution in [0, 0.1) is 0 Å². The van der Waals surface area contributed by atoms with Gasteiger partial charge in [0.25, 0.3) is 0 Å². The monoisotopic (exact) mass is 553 g/mol. The van der Waals surface area contributed by atoms with E-state index in [1.807, 2.05) is 0 Å². The van der Waals surface area contributed by atoms with E-state index in [0.717, 1.165) is 19.3 Å². The van der Waals surface area contributed by atoms with Crippen molar-refractivity contribution in [1.29, 1.82) is 0 Å². The average Bonchev–Trinajstić information content (AvgIpc) is 2.93. The maximum Gasteiger partial charge on any atom is 0.332 e. The molecule has 0 aromatic heterocycles. The molecule has 0 heterocycles. The van der Waals surface area contributed by atoms with E-state index in [0.29, 0.717) is 13.0 Å². The molecule has 0 saturated heterocycles. The smallest absolute Gasteiger partial charge is 0.332 e. The van der Waals surface area contributed by atoms with Crippen LogP contribution < -0.4 is 0 Å². The van der Waals surface area contributed by atoms with Gasteiger partial charge >= 0.3 is 5.97 Å². The number of carboxylic acid groups (broad SMARTS) is 1. The third kappa shape index (κ3) is 31.8. The van der Waals surface area contributed by atoms with Crippen LogP contribution in [0.3, 0.4) is 0 Å².